The van der Waals surface area contributed by atoms with Crippen LogP contribution in [0.1, 0.15) is 47.1 Å². The van der Waals surface area contributed by atoms with Gasteiger partial charge in [0.05, 0.1) is 25.9 Å². The molecule has 0 aliphatic rings. The number of carbonyl (C=O) groups excluding carboxylic acids is 1. The first-order chi connectivity index (χ1) is 14.7. The summed E-state index contributed by atoms with van der Waals surface area (Å²) in [5.41, 5.74) is 1.28. The molecule has 0 heterocycles. The third kappa shape index (κ3) is 9.71. The standard InChI is InChI=1S/C26H43NO4Si/c1-11-23(20-29-19-22-15-13-12-14-16-22)27(24(28)31-25(3,4)5)17-21(2)18-30-32(9,10)26(6,7)8/h11-16,23H,1-2,17-20H2,3-10H3/t23-/m0/s1. The first-order valence-electron chi connectivity index (χ1n) is 11.2. The van der Waals surface area contributed by atoms with Crippen LogP contribution in [0.5, 0.6) is 0 Å². The van der Waals surface area contributed by atoms with Crippen molar-refractivity contribution in [3.05, 3.63) is 60.7 Å². The molecule has 0 saturated carbocycles. The van der Waals surface area contributed by atoms with Crippen LogP contribution in [0, 0.1) is 0 Å². The van der Waals surface area contributed by atoms with Crippen molar-refractivity contribution < 1.29 is 18.7 Å². The summed E-state index contributed by atoms with van der Waals surface area (Å²) in [6, 6.07) is 9.59. The Morgan fingerprint density at radius 2 is 1.72 bits per heavy atom. The first kappa shape index (κ1) is 28.1. The van der Waals surface area contributed by atoms with Crippen molar-refractivity contribution in [1.82, 2.24) is 4.90 Å². The summed E-state index contributed by atoms with van der Waals surface area (Å²) < 4.78 is 17.9. The van der Waals surface area contributed by atoms with E-state index in [1.807, 2.05) is 51.1 Å². The highest BCUT2D eigenvalue weighted by molar-refractivity contribution is 6.74. The minimum absolute atomic E-state index is 0.104. The molecule has 0 aliphatic heterocycles. The first-order valence-corrected chi connectivity index (χ1v) is 14.1. The van der Waals surface area contributed by atoms with Crippen LogP contribution >= 0.6 is 0 Å². The fourth-order valence-electron chi connectivity index (χ4n) is 2.58. The molecule has 1 aromatic carbocycles. The van der Waals surface area contributed by atoms with Gasteiger partial charge in [0.25, 0.3) is 0 Å². The van der Waals surface area contributed by atoms with Crippen LogP contribution in [0.3, 0.4) is 0 Å². The number of ether oxygens (including phenoxy) is 2. The summed E-state index contributed by atoms with van der Waals surface area (Å²) in [5, 5.41) is 0.104. The van der Waals surface area contributed by atoms with E-state index in [1.165, 1.54) is 0 Å². The van der Waals surface area contributed by atoms with Gasteiger partial charge >= 0.3 is 6.09 Å². The summed E-state index contributed by atoms with van der Waals surface area (Å²) in [7, 11) is -1.92. The van der Waals surface area contributed by atoms with Crippen molar-refractivity contribution >= 4 is 14.4 Å². The van der Waals surface area contributed by atoms with Gasteiger partial charge in [0.2, 0.25) is 0 Å². The highest BCUT2D eigenvalue weighted by Gasteiger charge is 2.37. The molecular weight excluding hydrogens is 418 g/mol. The molecule has 0 unspecified atom stereocenters. The summed E-state index contributed by atoms with van der Waals surface area (Å²) in [5.74, 6) is 0. The molecule has 1 amide bonds. The molecule has 1 rings (SSSR count). The summed E-state index contributed by atoms with van der Waals surface area (Å²) in [6.45, 7) is 26.2. The maximum atomic E-state index is 13.0. The third-order valence-electron chi connectivity index (χ3n) is 5.54. The fourth-order valence-corrected chi connectivity index (χ4v) is 3.58. The predicted octanol–water partition coefficient (Wildman–Crippen LogP) is 6.57. The number of rotatable bonds is 11. The lowest BCUT2D eigenvalue weighted by Crippen LogP contribution is -2.46. The lowest BCUT2D eigenvalue weighted by atomic mass is 10.2. The maximum absolute atomic E-state index is 13.0. The molecule has 0 bridgehead atoms. The molecule has 180 valence electrons. The van der Waals surface area contributed by atoms with E-state index in [0.29, 0.717) is 26.4 Å². The van der Waals surface area contributed by atoms with Crippen molar-refractivity contribution in [1.29, 1.82) is 0 Å². The second-order valence-electron chi connectivity index (χ2n) is 10.7. The molecule has 32 heavy (non-hydrogen) atoms. The summed E-state index contributed by atoms with van der Waals surface area (Å²) in [4.78, 5) is 14.6. The molecule has 0 radical (unpaired) electrons. The number of nitrogens with zero attached hydrogens (tertiary/aromatic N) is 1. The summed E-state index contributed by atoms with van der Waals surface area (Å²) >= 11 is 0. The van der Waals surface area contributed by atoms with Gasteiger partial charge in [-0.15, -0.1) is 6.58 Å². The Bertz CT molecular complexity index is 747. The number of hydrogen-bond donors (Lipinski definition) is 0. The number of benzene rings is 1. The molecule has 6 heteroatoms. The predicted molar refractivity (Wildman–Crippen MR) is 135 cm³/mol. The molecule has 1 atom stereocenters. The monoisotopic (exact) mass is 461 g/mol. The van der Waals surface area contributed by atoms with E-state index >= 15 is 0 Å². The molecule has 5 nitrogen and oxygen atoms in total. The Morgan fingerprint density at radius 3 is 2.22 bits per heavy atom. The number of amides is 1. The van der Waals surface area contributed by atoms with Gasteiger partial charge in [-0.05, 0) is 50.0 Å². The van der Waals surface area contributed by atoms with E-state index in [0.717, 1.165) is 11.1 Å². The van der Waals surface area contributed by atoms with Crippen LogP contribution < -0.4 is 0 Å². The van der Waals surface area contributed by atoms with E-state index < -0.39 is 20.0 Å². The Hall–Kier alpha value is -1.89. The SMILES string of the molecule is C=C[C@@H](COCc1ccccc1)N(CC(=C)CO[Si](C)(C)C(C)(C)C)C(=O)OC(C)(C)C. The highest BCUT2D eigenvalue weighted by Crippen LogP contribution is 2.36. The Labute approximate surface area is 196 Å². The fraction of sp³-hybridized carbons (Fsp3) is 0.577. The van der Waals surface area contributed by atoms with Crippen molar-refractivity contribution in [3.63, 3.8) is 0 Å². The molecular formula is C26H43NO4Si. The van der Waals surface area contributed by atoms with Gasteiger partial charge in [0, 0.05) is 6.54 Å². The van der Waals surface area contributed by atoms with Gasteiger partial charge in [-0.1, -0.05) is 63.8 Å². The van der Waals surface area contributed by atoms with Crippen molar-refractivity contribution in [2.45, 2.75) is 77.9 Å². The van der Waals surface area contributed by atoms with Gasteiger partial charge in [-0.25, -0.2) is 4.79 Å². The van der Waals surface area contributed by atoms with Crippen LogP contribution in [0.2, 0.25) is 18.1 Å². The Kier molecular flexibility index (Phi) is 10.4. The highest BCUT2D eigenvalue weighted by atomic mass is 28.4. The van der Waals surface area contributed by atoms with Crippen LogP contribution in [0.25, 0.3) is 0 Å². The normalized spacial score (nSPS) is 13.4. The quantitative estimate of drug-likeness (QED) is 0.276. The molecule has 0 N–H and O–H groups in total. The van der Waals surface area contributed by atoms with E-state index in [4.69, 9.17) is 13.9 Å². The molecule has 0 aromatic heterocycles. The van der Waals surface area contributed by atoms with E-state index in [1.54, 1.807) is 11.0 Å². The third-order valence-corrected chi connectivity index (χ3v) is 10.0. The molecule has 0 fully saturated rings. The van der Waals surface area contributed by atoms with E-state index in [-0.39, 0.29) is 11.1 Å². The summed E-state index contributed by atoms with van der Waals surface area (Å²) in [6.07, 6.45) is 1.30. The molecule has 0 aliphatic carbocycles. The zero-order valence-corrected chi connectivity index (χ0v) is 22.4. The topological polar surface area (TPSA) is 48.0 Å². The van der Waals surface area contributed by atoms with Crippen molar-refractivity contribution in [2.75, 3.05) is 19.8 Å². The van der Waals surface area contributed by atoms with E-state index in [2.05, 4.69) is 47.0 Å². The van der Waals surface area contributed by atoms with Gasteiger partial charge in [-0.3, -0.25) is 4.90 Å². The Morgan fingerprint density at radius 1 is 1.12 bits per heavy atom. The van der Waals surface area contributed by atoms with Crippen LogP contribution in [-0.2, 0) is 20.5 Å². The second kappa shape index (κ2) is 11.8. The maximum Gasteiger partial charge on any atom is 0.411 e. The van der Waals surface area contributed by atoms with Crippen LogP contribution in [-0.4, -0.2) is 50.7 Å². The molecule has 1 aromatic rings. The average molecular weight is 462 g/mol. The zero-order valence-electron chi connectivity index (χ0n) is 21.4. The van der Waals surface area contributed by atoms with Crippen molar-refractivity contribution in [3.8, 4) is 0 Å². The number of carbonyl (C=O) groups is 1. The molecule has 0 saturated heterocycles. The lowest BCUT2D eigenvalue weighted by molar-refractivity contribution is 0.00842. The van der Waals surface area contributed by atoms with E-state index in [9.17, 15) is 4.79 Å². The molecule has 0 spiro atoms. The Balaban J connectivity index is 2.86. The average Bonchev–Trinajstić information content (AvgIpc) is 2.67. The van der Waals surface area contributed by atoms with Gasteiger partial charge < -0.3 is 13.9 Å². The zero-order chi connectivity index (χ0) is 24.6. The van der Waals surface area contributed by atoms with Crippen molar-refractivity contribution in [2.24, 2.45) is 0 Å². The lowest BCUT2D eigenvalue weighted by Gasteiger charge is -2.37. The van der Waals surface area contributed by atoms with Crippen LogP contribution in [0.4, 0.5) is 4.79 Å². The largest absolute Gasteiger partial charge is 0.444 e. The van der Waals surface area contributed by atoms with Gasteiger partial charge in [0.15, 0.2) is 8.32 Å². The van der Waals surface area contributed by atoms with Crippen LogP contribution in [0.15, 0.2) is 55.1 Å². The minimum atomic E-state index is -1.92. The second-order valence-corrected chi connectivity index (χ2v) is 15.5. The smallest absolute Gasteiger partial charge is 0.411 e. The number of hydrogen-bond acceptors (Lipinski definition) is 4. The van der Waals surface area contributed by atoms with Gasteiger partial charge in [-0.2, -0.15) is 0 Å². The van der Waals surface area contributed by atoms with Gasteiger partial charge in [0.1, 0.15) is 5.60 Å². The minimum Gasteiger partial charge on any atom is -0.444 e.